The molecule has 0 atom stereocenters. The fraction of sp³-hybridized carbons (Fsp3) is 0.200. The van der Waals surface area contributed by atoms with E-state index in [1.807, 2.05) is 30.3 Å². The topological polar surface area (TPSA) is 20.2 Å². The molecule has 0 amide bonds. The molecule has 0 aromatic heterocycles. The van der Waals surface area contributed by atoms with Crippen molar-refractivity contribution in [3.63, 3.8) is 0 Å². The maximum atomic E-state index is 10.2. The average Bonchev–Trinajstić information content (AvgIpc) is 2.34. The van der Waals surface area contributed by atoms with Gasteiger partial charge in [-0.25, -0.2) is 0 Å². The van der Waals surface area contributed by atoms with Crippen molar-refractivity contribution in [2.45, 2.75) is 29.6 Å². The molecule has 0 spiro atoms. The molecule has 0 heterocycles. The summed E-state index contributed by atoms with van der Waals surface area (Å²) < 4.78 is 0. The summed E-state index contributed by atoms with van der Waals surface area (Å²) in [5, 5.41) is 10.2. The lowest BCUT2D eigenvalue weighted by Crippen LogP contribution is -1.96. The van der Waals surface area contributed by atoms with Gasteiger partial charge in [0.2, 0.25) is 0 Å². The minimum absolute atomic E-state index is 0.257. The molecule has 3 heteroatoms. The molecule has 0 radical (unpaired) electrons. The van der Waals surface area contributed by atoms with Crippen LogP contribution in [0.1, 0.15) is 25.3 Å². The van der Waals surface area contributed by atoms with Gasteiger partial charge in [0.05, 0.1) is 0 Å². The van der Waals surface area contributed by atoms with Crippen molar-refractivity contribution in [2.24, 2.45) is 0 Å². The lowest BCUT2D eigenvalue weighted by molar-refractivity contribution is 0.473. The number of rotatable bonds is 2. The van der Waals surface area contributed by atoms with Crippen molar-refractivity contribution in [2.75, 3.05) is 0 Å². The molecular weight excluding hydrogens is 260 g/mol. The highest BCUT2D eigenvalue weighted by molar-refractivity contribution is 7.83. The van der Waals surface area contributed by atoms with Crippen LogP contribution >= 0.6 is 25.3 Å². The van der Waals surface area contributed by atoms with Crippen molar-refractivity contribution >= 4 is 25.3 Å². The second-order valence-electron chi connectivity index (χ2n) is 4.57. The number of thiol groups is 2. The Kier molecular flexibility index (Phi) is 3.93. The summed E-state index contributed by atoms with van der Waals surface area (Å²) in [5.74, 6) is 0.526. The Morgan fingerprint density at radius 3 is 2.22 bits per heavy atom. The number of aromatic hydroxyl groups is 1. The van der Waals surface area contributed by atoms with Gasteiger partial charge >= 0.3 is 0 Å². The third kappa shape index (κ3) is 2.38. The third-order valence-corrected chi connectivity index (χ3v) is 3.95. The van der Waals surface area contributed by atoms with Crippen molar-refractivity contribution < 1.29 is 5.11 Å². The van der Waals surface area contributed by atoms with Gasteiger partial charge in [0.15, 0.2) is 0 Å². The van der Waals surface area contributed by atoms with E-state index in [0.29, 0.717) is 4.90 Å². The maximum Gasteiger partial charge on any atom is 0.124 e. The second kappa shape index (κ2) is 5.29. The van der Waals surface area contributed by atoms with Gasteiger partial charge in [-0.3, -0.25) is 0 Å². The van der Waals surface area contributed by atoms with Gasteiger partial charge < -0.3 is 5.11 Å². The zero-order valence-corrected chi connectivity index (χ0v) is 12.2. The first-order valence-electron chi connectivity index (χ1n) is 5.85. The summed E-state index contributed by atoms with van der Waals surface area (Å²) in [7, 11) is 0. The zero-order chi connectivity index (χ0) is 13.3. The van der Waals surface area contributed by atoms with E-state index >= 15 is 0 Å². The standard InChI is InChI=1S/C15H16OS2/c1-9(2)13-14(10-6-4-3-5-7-10)11(16)8-12(17)15(13)18/h3-9,16-18H,1-2H3. The number of phenolic OH excluding ortho intramolecular Hbond substituents is 1. The van der Waals surface area contributed by atoms with E-state index in [1.165, 1.54) is 0 Å². The van der Waals surface area contributed by atoms with Crippen LogP contribution in [0.5, 0.6) is 5.75 Å². The molecule has 0 fully saturated rings. The van der Waals surface area contributed by atoms with Crippen LogP contribution in [0.3, 0.4) is 0 Å². The van der Waals surface area contributed by atoms with Crippen molar-refractivity contribution in [3.8, 4) is 16.9 Å². The summed E-state index contributed by atoms with van der Waals surface area (Å²) in [4.78, 5) is 1.55. The van der Waals surface area contributed by atoms with E-state index in [2.05, 4.69) is 39.1 Å². The molecule has 94 valence electrons. The molecule has 2 aromatic carbocycles. The van der Waals surface area contributed by atoms with Crippen LogP contribution < -0.4 is 0 Å². The number of phenols is 1. The van der Waals surface area contributed by atoms with Crippen LogP contribution in [0.15, 0.2) is 46.2 Å². The number of hydrogen-bond acceptors (Lipinski definition) is 3. The first kappa shape index (κ1) is 13.4. The molecule has 0 aliphatic carbocycles. The highest BCUT2D eigenvalue weighted by Crippen LogP contribution is 2.42. The summed E-state index contributed by atoms with van der Waals surface area (Å²) in [5.41, 5.74) is 2.89. The predicted octanol–water partition coefficient (Wildman–Crippen LogP) is 4.76. The van der Waals surface area contributed by atoms with E-state index < -0.39 is 0 Å². The van der Waals surface area contributed by atoms with E-state index in [1.54, 1.807) is 6.07 Å². The molecule has 0 saturated heterocycles. The smallest absolute Gasteiger partial charge is 0.124 e. The quantitative estimate of drug-likeness (QED) is 0.675. The van der Waals surface area contributed by atoms with Gasteiger partial charge in [-0.2, -0.15) is 0 Å². The molecular formula is C15H16OS2. The lowest BCUT2D eigenvalue weighted by Gasteiger charge is -2.18. The summed E-state index contributed by atoms with van der Waals surface area (Å²) in [6.45, 7) is 4.18. The van der Waals surface area contributed by atoms with Gasteiger partial charge in [-0.15, -0.1) is 25.3 Å². The van der Waals surface area contributed by atoms with Crippen LogP contribution in [0, 0.1) is 0 Å². The molecule has 0 unspecified atom stereocenters. The van der Waals surface area contributed by atoms with Crippen LogP contribution in [0.2, 0.25) is 0 Å². The molecule has 0 bridgehead atoms. The molecule has 1 N–H and O–H groups in total. The van der Waals surface area contributed by atoms with Crippen molar-refractivity contribution in [1.82, 2.24) is 0 Å². The SMILES string of the molecule is CC(C)c1c(S)c(S)cc(O)c1-c1ccccc1. The Labute approximate surface area is 119 Å². The summed E-state index contributed by atoms with van der Waals surface area (Å²) in [6, 6.07) is 11.5. The minimum atomic E-state index is 0.257. The first-order valence-corrected chi connectivity index (χ1v) is 6.75. The van der Waals surface area contributed by atoms with Crippen molar-refractivity contribution in [3.05, 3.63) is 42.0 Å². The Hall–Kier alpha value is -1.06. The zero-order valence-electron chi connectivity index (χ0n) is 10.4. The maximum absolute atomic E-state index is 10.2. The monoisotopic (exact) mass is 276 g/mol. The van der Waals surface area contributed by atoms with Crippen molar-refractivity contribution in [1.29, 1.82) is 0 Å². The average molecular weight is 276 g/mol. The molecule has 0 saturated carbocycles. The fourth-order valence-corrected chi connectivity index (χ4v) is 2.81. The Morgan fingerprint density at radius 1 is 1.06 bits per heavy atom. The molecule has 0 aliphatic rings. The minimum Gasteiger partial charge on any atom is -0.507 e. The highest BCUT2D eigenvalue weighted by Gasteiger charge is 2.18. The van der Waals surface area contributed by atoms with E-state index in [0.717, 1.165) is 21.6 Å². The first-order chi connectivity index (χ1) is 8.52. The van der Waals surface area contributed by atoms with Gasteiger partial charge in [0, 0.05) is 15.4 Å². The van der Waals surface area contributed by atoms with Crippen LogP contribution in [-0.2, 0) is 0 Å². The third-order valence-electron chi connectivity index (χ3n) is 2.94. The van der Waals surface area contributed by atoms with Crippen LogP contribution in [-0.4, -0.2) is 5.11 Å². The molecule has 18 heavy (non-hydrogen) atoms. The Balaban J connectivity index is 2.78. The largest absolute Gasteiger partial charge is 0.507 e. The summed E-state index contributed by atoms with van der Waals surface area (Å²) in [6.07, 6.45) is 0. The fourth-order valence-electron chi connectivity index (χ4n) is 2.13. The number of hydrogen-bond donors (Lipinski definition) is 3. The van der Waals surface area contributed by atoms with Gasteiger partial charge in [0.1, 0.15) is 5.75 Å². The van der Waals surface area contributed by atoms with Gasteiger partial charge in [-0.05, 0) is 23.1 Å². The van der Waals surface area contributed by atoms with Crippen LogP contribution in [0.4, 0.5) is 0 Å². The molecule has 2 rings (SSSR count). The van der Waals surface area contributed by atoms with Gasteiger partial charge in [0.25, 0.3) is 0 Å². The molecule has 1 nitrogen and oxygen atoms in total. The highest BCUT2D eigenvalue weighted by atomic mass is 32.1. The van der Waals surface area contributed by atoms with E-state index in [-0.39, 0.29) is 11.7 Å². The molecule has 0 aliphatic heterocycles. The predicted molar refractivity (Wildman–Crippen MR) is 82.1 cm³/mol. The summed E-state index contributed by atoms with van der Waals surface area (Å²) >= 11 is 8.89. The van der Waals surface area contributed by atoms with E-state index in [4.69, 9.17) is 0 Å². The lowest BCUT2D eigenvalue weighted by atomic mass is 9.91. The van der Waals surface area contributed by atoms with Gasteiger partial charge in [-0.1, -0.05) is 44.2 Å². The second-order valence-corrected chi connectivity index (χ2v) is 5.50. The van der Waals surface area contributed by atoms with E-state index in [9.17, 15) is 5.11 Å². The molecule has 2 aromatic rings. The van der Waals surface area contributed by atoms with Crippen LogP contribution in [0.25, 0.3) is 11.1 Å². The Bertz CT molecular complexity index is 562. The Morgan fingerprint density at radius 2 is 1.67 bits per heavy atom. The number of benzene rings is 2. The normalized spacial score (nSPS) is 10.9.